The Morgan fingerprint density at radius 3 is 1.77 bits per heavy atom. The Balaban J connectivity index is -0.000000157. The first kappa shape index (κ1) is 47.8. The van der Waals surface area contributed by atoms with Crippen molar-refractivity contribution in [3.8, 4) is 11.4 Å². The van der Waals surface area contributed by atoms with E-state index in [0.29, 0.717) is 11.4 Å². The van der Waals surface area contributed by atoms with Gasteiger partial charge in [0.1, 0.15) is 22.8 Å². The summed E-state index contributed by atoms with van der Waals surface area (Å²) in [6, 6.07) is 0.893. The van der Waals surface area contributed by atoms with E-state index in [2.05, 4.69) is 29.8 Å². The molecule has 1 aliphatic rings. The second-order valence-electron chi connectivity index (χ2n) is 7.23. The number of rotatable bonds is 3. The van der Waals surface area contributed by atoms with Gasteiger partial charge in [-0.1, -0.05) is 6.92 Å². The fraction of sp³-hybridized carbons (Fsp3) is 0.458. The average Bonchev–Trinajstić information content (AvgIpc) is 3.66. The number of hydrogen-bond donors (Lipinski definition) is 2. The van der Waals surface area contributed by atoms with E-state index in [1.807, 2.05) is 5.10 Å². The predicted molar refractivity (Wildman–Crippen MR) is 141 cm³/mol. The number of nitrogens with zero attached hydrogens (tertiary/aromatic N) is 5. The van der Waals surface area contributed by atoms with E-state index in [0.717, 1.165) is 19.3 Å². The molecule has 0 saturated carbocycles. The van der Waals surface area contributed by atoms with E-state index in [1.165, 1.54) is 63.9 Å². The summed E-state index contributed by atoms with van der Waals surface area (Å²) in [5.41, 5.74) is -0.0691. The van der Waals surface area contributed by atoms with E-state index in [-0.39, 0.29) is 67.3 Å². The molecule has 246 valence electrons. The Bertz CT molecular complexity index is 1120. The van der Waals surface area contributed by atoms with Gasteiger partial charge in [0.2, 0.25) is 0 Å². The van der Waals surface area contributed by atoms with Crippen molar-refractivity contribution < 1.29 is 87.0 Å². The molecule has 0 aromatic carbocycles. The van der Waals surface area contributed by atoms with Crippen molar-refractivity contribution in [3.05, 3.63) is 54.6 Å². The van der Waals surface area contributed by atoms with Gasteiger partial charge in [-0.05, 0) is 25.8 Å². The maximum atomic E-state index is 12.2. The fourth-order valence-corrected chi connectivity index (χ4v) is 2.23. The maximum Gasteiger partial charge on any atom is 1.00 e. The van der Waals surface area contributed by atoms with Gasteiger partial charge >= 0.3 is 47.9 Å². The third-order valence-corrected chi connectivity index (χ3v) is 3.97. The van der Waals surface area contributed by atoms with Gasteiger partial charge in [0, 0.05) is 46.4 Å². The van der Waals surface area contributed by atoms with Gasteiger partial charge < -0.3 is 26.2 Å². The van der Waals surface area contributed by atoms with Gasteiger partial charge in [-0.3, -0.25) is 24.8 Å². The summed E-state index contributed by atoms with van der Waals surface area (Å²) in [5, 5.41) is 14.3. The third kappa shape index (κ3) is 22.5. The van der Waals surface area contributed by atoms with Crippen LogP contribution >= 0.6 is 0 Å². The molecular formula is C24H36F6N7NaO6. The number of hydrogen-bond acceptors (Lipinski definition) is 11. The zero-order chi connectivity index (χ0) is 31.3. The molecule has 4 rings (SSSR count). The molecule has 0 spiro atoms. The number of H-pyrrole nitrogens is 1. The van der Waals surface area contributed by atoms with Gasteiger partial charge in [-0.15, -0.1) is 6.61 Å². The minimum atomic E-state index is -4.85. The molecule has 44 heavy (non-hydrogen) atoms. The fourth-order valence-electron chi connectivity index (χ4n) is 2.23. The Kier molecular flexibility index (Phi) is 28.6. The van der Waals surface area contributed by atoms with Crippen LogP contribution in [-0.2, 0) is 20.4 Å². The summed E-state index contributed by atoms with van der Waals surface area (Å²) in [4.78, 5) is 35.3. The smallest absolute Gasteiger partial charge is 0.855 e. The van der Waals surface area contributed by atoms with Crippen LogP contribution in [0.25, 0.3) is 11.4 Å². The number of carbonyl (C=O) groups excluding carboxylic acids is 2. The molecule has 20 heteroatoms. The minimum absolute atomic E-state index is 0. The normalized spacial score (nSPS) is 11.2. The molecule has 6 N–H and O–H groups in total. The summed E-state index contributed by atoms with van der Waals surface area (Å²) in [6.45, 7) is 6.09. The van der Waals surface area contributed by atoms with E-state index in [9.17, 15) is 35.9 Å². The number of halogens is 6. The summed E-state index contributed by atoms with van der Waals surface area (Å²) in [5.74, 6) is -2.19. The van der Waals surface area contributed by atoms with Crippen molar-refractivity contribution in [1.82, 2.24) is 36.3 Å². The molecule has 3 aromatic rings. The molecule has 0 unspecified atom stereocenters. The monoisotopic (exact) mass is 655 g/mol. The molecule has 0 atom stereocenters. The van der Waals surface area contributed by atoms with Gasteiger partial charge in [0.25, 0.3) is 0 Å². The topological polar surface area (TPSA) is 222 Å². The standard InChI is InChI=1S/C8H5F3N4.C6H6N2O.C4H5F3O2.C4H8O.C2H5O.H3N.Na.H2O.H2/c9-8(10,11)7-3-5(14-15-7)6-4-12-1-2-13-6;1-5(9)6-4-7-2-3-8-6;1-2-9-3(8)4(5,6)7;1-2-4-5-3-1;1-2-3;;;;/h1-4H,(H,14,15);2-4H,1H3;2H2,1H3;1-4H2;2H2,1H3;1H3;;1H2;1H/q;;;;-1;;+1;;. The number of ether oxygens (including phenoxy) is 2. The molecule has 4 heterocycles. The van der Waals surface area contributed by atoms with Crippen molar-refractivity contribution in [2.75, 3.05) is 26.4 Å². The van der Waals surface area contributed by atoms with E-state index in [1.54, 1.807) is 6.92 Å². The number of nitrogens with one attached hydrogen (secondary N) is 1. The van der Waals surface area contributed by atoms with Crippen molar-refractivity contribution in [2.45, 2.75) is 46.0 Å². The van der Waals surface area contributed by atoms with E-state index in [4.69, 9.17) is 9.84 Å². The first-order chi connectivity index (χ1) is 19.3. The molecular weight excluding hydrogens is 619 g/mol. The van der Waals surface area contributed by atoms with Crippen LogP contribution in [0.15, 0.2) is 43.2 Å². The number of carbonyl (C=O) groups is 2. The molecule has 0 aliphatic carbocycles. The molecule has 0 radical (unpaired) electrons. The maximum absolute atomic E-state index is 12.2. The van der Waals surface area contributed by atoms with Crippen LogP contribution < -0.4 is 40.8 Å². The molecule has 1 fully saturated rings. The Morgan fingerprint density at radius 1 is 0.977 bits per heavy atom. The van der Waals surface area contributed by atoms with Crippen LogP contribution in [0.3, 0.4) is 0 Å². The minimum Gasteiger partial charge on any atom is -0.855 e. The first-order valence-corrected chi connectivity index (χ1v) is 11.8. The first-order valence-electron chi connectivity index (χ1n) is 11.8. The van der Waals surface area contributed by atoms with Gasteiger partial charge in [-0.2, -0.15) is 31.4 Å². The van der Waals surface area contributed by atoms with Gasteiger partial charge in [0.05, 0.1) is 19.0 Å². The van der Waals surface area contributed by atoms with E-state index >= 15 is 0 Å². The number of Topliss-reactive ketones (excluding diaryl/α,β-unsaturated/α-hetero) is 1. The average molecular weight is 656 g/mol. The van der Waals surface area contributed by atoms with Crippen LogP contribution in [-0.4, -0.2) is 80.0 Å². The second kappa shape index (κ2) is 26.3. The molecule has 13 nitrogen and oxygen atoms in total. The number of aromatic nitrogens is 6. The van der Waals surface area contributed by atoms with E-state index < -0.39 is 24.0 Å². The molecule has 0 amide bonds. The quantitative estimate of drug-likeness (QED) is 0.170. The van der Waals surface area contributed by atoms with Crippen molar-refractivity contribution in [3.63, 3.8) is 0 Å². The van der Waals surface area contributed by atoms with Crippen LogP contribution in [0.2, 0.25) is 0 Å². The summed E-state index contributed by atoms with van der Waals surface area (Å²) >= 11 is 0. The van der Waals surface area contributed by atoms with Crippen molar-refractivity contribution in [1.29, 1.82) is 0 Å². The van der Waals surface area contributed by atoms with Crippen LogP contribution in [0.4, 0.5) is 26.3 Å². The van der Waals surface area contributed by atoms with Crippen LogP contribution in [0, 0.1) is 0 Å². The molecule has 0 bridgehead atoms. The number of ketones is 1. The zero-order valence-electron chi connectivity index (χ0n) is 24.5. The second-order valence-corrected chi connectivity index (χ2v) is 7.23. The summed E-state index contributed by atoms with van der Waals surface area (Å²) in [7, 11) is 0. The van der Waals surface area contributed by atoms with Crippen LogP contribution in [0.1, 0.15) is 51.2 Å². The third-order valence-electron chi connectivity index (χ3n) is 3.97. The Morgan fingerprint density at radius 2 is 1.50 bits per heavy atom. The van der Waals surface area contributed by atoms with Crippen molar-refractivity contribution >= 4 is 11.8 Å². The van der Waals surface area contributed by atoms with Crippen molar-refractivity contribution in [2.24, 2.45) is 0 Å². The molecule has 1 aliphatic heterocycles. The molecule has 3 aromatic heterocycles. The zero-order valence-corrected chi connectivity index (χ0v) is 26.5. The Labute approximate surface area is 272 Å². The van der Waals surface area contributed by atoms with Crippen LogP contribution in [0.5, 0.6) is 0 Å². The predicted octanol–water partition coefficient (Wildman–Crippen LogP) is 0.427. The summed E-state index contributed by atoms with van der Waals surface area (Å²) < 4.78 is 78.7. The number of esters is 1. The van der Waals surface area contributed by atoms with Gasteiger partial charge in [0.15, 0.2) is 5.78 Å². The Hall–Kier alpha value is -3.07. The number of aromatic amines is 1. The largest absolute Gasteiger partial charge is 1.00 e. The van der Waals surface area contributed by atoms with Gasteiger partial charge in [-0.25, -0.2) is 9.78 Å². The molecule has 1 saturated heterocycles. The summed E-state index contributed by atoms with van der Waals surface area (Å²) in [6.07, 6.45) is 1.92. The number of alkyl halides is 6. The SMILES string of the molecule is C1CCOC1.CC(=O)c1cnccn1.CCOC(=O)C(F)(F)F.CC[O-].FC(F)(F)c1cc(-c2cnccn2)n[nH]1.N.O.[HH].[Na+].